The number of carbonyl (C=O) groups excluding carboxylic acids is 6. The Labute approximate surface area is 509 Å². The van der Waals surface area contributed by atoms with Gasteiger partial charge in [0.2, 0.25) is 10.0 Å². The fraction of sp³-hybridized carbons (Fsp3) is 0.609. The predicted molar refractivity (Wildman–Crippen MR) is 265 cm³/mol. The largest absolute Gasteiger partial charge is 3.00 e. The minimum Gasteiger partial charge on any atom is -0.549 e. The Hall–Kier alpha value is -3.11. The van der Waals surface area contributed by atoms with Crippen molar-refractivity contribution in [3.8, 4) is 0 Å². The zero-order valence-electron chi connectivity index (χ0n) is 45.0. The Bertz CT molecular complexity index is 2140. The van der Waals surface area contributed by atoms with Crippen molar-refractivity contribution in [2.45, 2.75) is 23.6 Å². The number of aryl methyl sites for hydroxylation is 2. The molecule has 5 N–H and O–H groups in total. The van der Waals surface area contributed by atoms with E-state index >= 15 is 0 Å². The molecule has 2 aliphatic rings. The van der Waals surface area contributed by atoms with Crippen LogP contribution in [0, 0.1) is 13.8 Å². The van der Waals surface area contributed by atoms with Gasteiger partial charge in [-0.2, -0.15) is 0 Å². The van der Waals surface area contributed by atoms with Crippen molar-refractivity contribution in [2.75, 3.05) is 170 Å². The molecule has 78 heavy (non-hydrogen) atoms. The molecule has 0 aromatic heterocycles. The number of sulfonamides is 2. The topological polar surface area (TPSA) is 424 Å². The van der Waals surface area contributed by atoms with Crippen LogP contribution in [0.3, 0.4) is 0 Å². The van der Waals surface area contributed by atoms with E-state index in [2.05, 4.69) is 9.44 Å². The van der Waals surface area contributed by atoms with Crippen LogP contribution >= 0.6 is 0 Å². The van der Waals surface area contributed by atoms with E-state index in [1.807, 2.05) is 23.6 Å². The quantitative estimate of drug-likeness (QED) is 0.114. The van der Waals surface area contributed by atoms with Gasteiger partial charge in [0.15, 0.2) is 0 Å². The van der Waals surface area contributed by atoms with E-state index < -0.39 is 55.9 Å². The van der Waals surface area contributed by atoms with Gasteiger partial charge in [0.05, 0.1) is 40.7 Å². The number of aliphatic carboxylic acids is 6. The number of carboxylic acids is 6. The molecule has 32 heteroatoms. The van der Waals surface area contributed by atoms with Crippen LogP contribution in [0.1, 0.15) is 14.0 Å². The second-order valence-electron chi connectivity index (χ2n) is 17.9. The molecule has 434 valence electrons. The van der Waals surface area contributed by atoms with E-state index in [1.165, 1.54) is 24.3 Å². The average Bonchev–Trinajstić information content (AvgIpc) is 3.29. The summed E-state index contributed by atoms with van der Waals surface area (Å²) in [5.41, 5.74) is 1.85. The van der Waals surface area contributed by atoms with Gasteiger partial charge < -0.3 is 80.0 Å². The SMILES string of the molecule is Cc1ccc(S(=O)(=O)NCCN2CCN(CC(=O)[O-])CCN(CC(=O)[O-])CCN(CC(=O)[O-])CC2)cc1.Cc1ccc(S(=O)(=O)[N-]CCN2CCN(CC(=O)[O-])CCN(CC(=O)[O-])CCN(CC(=O)[O-])CC2)cc1.O.O.[H+].[HH].[Y+3].[Y+3]. The van der Waals surface area contributed by atoms with Crippen molar-refractivity contribution in [3.05, 3.63) is 64.4 Å². The molecular weight excluding hydrogens is 1220 g/mol. The second kappa shape index (κ2) is 40.1. The number of nitrogens with one attached hydrogen (secondary N) is 1. The molecule has 2 saturated heterocycles. The maximum atomic E-state index is 12.6. The van der Waals surface area contributed by atoms with Gasteiger partial charge in [-0.05, 0) is 44.7 Å². The molecule has 2 aromatic carbocycles. The van der Waals surface area contributed by atoms with E-state index in [4.69, 9.17) is 0 Å². The molecule has 2 aromatic rings. The van der Waals surface area contributed by atoms with Crippen LogP contribution in [0.25, 0.3) is 4.72 Å². The monoisotopic (exact) mass is 1300 g/mol. The third kappa shape index (κ3) is 33.0. The van der Waals surface area contributed by atoms with Gasteiger partial charge in [-0.15, -0.1) is 6.54 Å². The molecule has 0 amide bonds. The van der Waals surface area contributed by atoms with E-state index in [-0.39, 0.29) is 200 Å². The summed E-state index contributed by atoms with van der Waals surface area (Å²) >= 11 is 0. The van der Waals surface area contributed by atoms with Gasteiger partial charge >= 0.3 is 66.8 Å². The summed E-state index contributed by atoms with van der Waals surface area (Å²) in [5.74, 6) is -7.66. The molecule has 0 radical (unpaired) electrons. The summed E-state index contributed by atoms with van der Waals surface area (Å²) in [6.45, 7) is 6.72. The summed E-state index contributed by atoms with van der Waals surface area (Å²) in [6, 6.07) is 12.8. The second-order valence-corrected chi connectivity index (χ2v) is 21.4. The van der Waals surface area contributed by atoms with Crippen LogP contribution in [-0.4, -0.2) is 273 Å². The van der Waals surface area contributed by atoms with Gasteiger partial charge in [-0.25, -0.2) is 21.6 Å². The van der Waals surface area contributed by atoms with Crippen LogP contribution in [-0.2, 0) is 114 Å². The van der Waals surface area contributed by atoms with Crippen molar-refractivity contribution in [2.24, 2.45) is 0 Å². The molecule has 28 nitrogen and oxygen atoms in total. The van der Waals surface area contributed by atoms with Crippen LogP contribution in [0.15, 0.2) is 58.3 Å². The molecule has 4 rings (SSSR count). The van der Waals surface area contributed by atoms with Gasteiger partial charge in [0.1, 0.15) is 10.0 Å². The van der Waals surface area contributed by atoms with Crippen molar-refractivity contribution >= 4 is 55.9 Å². The van der Waals surface area contributed by atoms with Gasteiger partial charge in [0.25, 0.3) is 0 Å². The first-order valence-corrected chi connectivity index (χ1v) is 26.9. The number of rotatable bonds is 22. The number of nitrogens with zero attached hydrogens (tertiary/aromatic N) is 9. The first-order valence-electron chi connectivity index (χ1n) is 23.9. The molecule has 0 unspecified atom stereocenters. The van der Waals surface area contributed by atoms with Gasteiger partial charge in [-0.1, -0.05) is 35.4 Å². The molecule has 0 atom stereocenters. The van der Waals surface area contributed by atoms with Crippen molar-refractivity contribution < 1.29 is 155 Å². The minimum atomic E-state index is -3.84. The summed E-state index contributed by atoms with van der Waals surface area (Å²) in [4.78, 5) is 80.9. The van der Waals surface area contributed by atoms with E-state index in [9.17, 15) is 76.2 Å². The zero-order valence-corrected chi connectivity index (χ0v) is 51.3. The van der Waals surface area contributed by atoms with Crippen LogP contribution in [0.5, 0.6) is 0 Å². The van der Waals surface area contributed by atoms with Crippen LogP contribution < -0.4 is 35.4 Å². The van der Waals surface area contributed by atoms with Crippen LogP contribution in [0.2, 0.25) is 0 Å². The van der Waals surface area contributed by atoms with E-state index in [0.717, 1.165) is 11.1 Å². The van der Waals surface area contributed by atoms with E-state index in [1.54, 1.807) is 53.7 Å². The molecule has 0 bridgehead atoms. The fourth-order valence-corrected chi connectivity index (χ4v) is 9.85. The Balaban J connectivity index is -0.000000672. The van der Waals surface area contributed by atoms with Gasteiger partial charge in [0, 0.05) is 163 Å². The Morgan fingerprint density at radius 1 is 0.436 bits per heavy atom. The molecule has 0 spiro atoms. The van der Waals surface area contributed by atoms with Crippen molar-refractivity contribution in [1.29, 1.82) is 0 Å². The maximum absolute atomic E-state index is 12.6. The van der Waals surface area contributed by atoms with Gasteiger partial charge in [-0.3, -0.25) is 34.3 Å². The Morgan fingerprint density at radius 3 is 0.923 bits per heavy atom. The average molecular weight is 1300 g/mol. The van der Waals surface area contributed by atoms with Crippen LogP contribution in [0.4, 0.5) is 0 Å². The first kappa shape index (κ1) is 77.0. The van der Waals surface area contributed by atoms with Crippen molar-refractivity contribution in [1.82, 2.24) is 43.9 Å². The number of carboxylic acid groups (broad SMARTS) is 6. The molecule has 0 saturated carbocycles. The zero-order chi connectivity index (χ0) is 54.8. The fourth-order valence-electron chi connectivity index (χ4n) is 7.87. The summed E-state index contributed by atoms with van der Waals surface area (Å²) < 4.78 is 56.8. The smallest absolute Gasteiger partial charge is 0.549 e. The molecular formula is C46H74N10O18S2Y2. The molecule has 2 aliphatic heterocycles. The number of benzene rings is 2. The Kier molecular flexibility index (Phi) is 39.6. The predicted octanol–water partition coefficient (Wildman–Crippen LogP) is -11.0. The maximum Gasteiger partial charge on any atom is 3.00 e. The minimum absolute atomic E-state index is 0. The molecule has 2 heterocycles. The molecule has 0 aliphatic carbocycles. The van der Waals surface area contributed by atoms with Crippen molar-refractivity contribution in [3.63, 3.8) is 0 Å². The summed E-state index contributed by atoms with van der Waals surface area (Å²) in [6.07, 6.45) is 0. The third-order valence-electron chi connectivity index (χ3n) is 12.0. The number of hydrogen-bond acceptors (Lipinski definition) is 24. The normalized spacial score (nSPS) is 17.2. The summed E-state index contributed by atoms with van der Waals surface area (Å²) in [5, 5.41) is 67.2. The Morgan fingerprint density at radius 2 is 0.667 bits per heavy atom. The van der Waals surface area contributed by atoms with E-state index in [0.29, 0.717) is 58.9 Å². The third-order valence-corrected chi connectivity index (χ3v) is 14.9. The standard InChI is InChI=1S/C23H37N5O8S.C23H36N5O8S.2H2O.2Y.H2/c2*1-19-2-4-20(5-3-19)37(35,36)24-6-7-25-8-10-26(16-21(29)30)12-14-28(18-23(33)34)15-13-27(11-9-25)17-22(31)32;;;;;/h2-5,24H,6-18H2,1H3,(H,29,30)(H,31,32)(H,33,34);2-5H,6-18H2,1H3,(H,29,30)(H,31,32)(H,33,34);2*1H2;;;1H/q;-1;;;2*+3;/p-5. The number of hydrogen-bond donors (Lipinski definition) is 1. The number of carbonyl (C=O) groups is 6. The first-order chi connectivity index (χ1) is 34.9. The summed E-state index contributed by atoms with van der Waals surface area (Å²) in [7, 11) is -7.56. The molecule has 2 fully saturated rings.